The molecule has 0 saturated carbocycles. The second-order valence-electron chi connectivity index (χ2n) is 4.40. The van der Waals surface area contributed by atoms with Gasteiger partial charge in [-0.25, -0.2) is 0 Å². The third kappa shape index (κ3) is 1.60. The van der Waals surface area contributed by atoms with E-state index in [4.69, 9.17) is 11.0 Å². The van der Waals surface area contributed by atoms with Crippen LogP contribution in [0.3, 0.4) is 0 Å². The lowest BCUT2D eigenvalue weighted by atomic mass is 10.1. The monoisotopic (exact) mass is 258 g/mol. The lowest BCUT2D eigenvalue weighted by molar-refractivity contribution is 1.06. The molecule has 0 spiro atoms. The number of nitrogens with two attached hydrogens (primary N) is 1. The summed E-state index contributed by atoms with van der Waals surface area (Å²) in [6.45, 7) is 0. The maximum atomic E-state index is 9.28. The normalized spacial score (nSPS) is 10.1. The molecule has 4 heteroatoms. The van der Waals surface area contributed by atoms with Crippen LogP contribution in [-0.2, 0) is 0 Å². The Kier molecular flexibility index (Phi) is 2.64. The Morgan fingerprint density at radius 1 is 0.950 bits per heavy atom. The Morgan fingerprint density at radius 3 is 2.45 bits per heavy atom. The summed E-state index contributed by atoms with van der Waals surface area (Å²) in [6.07, 6.45) is 1.61. The van der Waals surface area contributed by atoms with E-state index in [0.717, 1.165) is 16.5 Å². The van der Waals surface area contributed by atoms with Crippen molar-refractivity contribution in [2.45, 2.75) is 0 Å². The average molecular weight is 258 g/mol. The van der Waals surface area contributed by atoms with E-state index in [9.17, 15) is 5.26 Å². The number of hydrogen-bond donors (Lipinski definition) is 1. The third-order valence-corrected chi connectivity index (χ3v) is 3.30. The van der Waals surface area contributed by atoms with Crippen LogP contribution in [0.1, 0.15) is 11.3 Å². The molecular weight excluding hydrogens is 248 g/mol. The summed E-state index contributed by atoms with van der Waals surface area (Å²) in [5.74, 6) is 0. The molecule has 0 aliphatic rings. The minimum atomic E-state index is 0.225. The Hall–Kier alpha value is -3.24. The van der Waals surface area contributed by atoms with Crippen LogP contribution in [0.25, 0.3) is 16.5 Å². The van der Waals surface area contributed by atoms with Gasteiger partial charge in [0, 0.05) is 11.6 Å². The van der Waals surface area contributed by atoms with Crippen LogP contribution in [0.5, 0.6) is 0 Å². The van der Waals surface area contributed by atoms with Gasteiger partial charge < -0.3 is 10.3 Å². The summed E-state index contributed by atoms with van der Waals surface area (Å²) in [7, 11) is 0. The molecule has 0 fully saturated rings. The minimum Gasteiger partial charge on any atom is -0.395 e. The maximum Gasteiger partial charge on any atom is 0.149 e. The fraction of sp³-hybridized carbons (Fsp3) is 0. The van der Waals surface area contributed by atoms with Gasteiger partial charge in [-0.15, -0.1) is 0 Å². The SMILES string of the molecule is N#Cc1cn(-c2cccc3ccccc23)c(C#N)c1N. The highest BCUT2D eigenvalue weighted by Crippen LogP contribution is 2.28. The van der Waals surface area contributed by atoms with E-state index in [1.165, 1.54) is 0 Å². The first-order chi connectivity index (χ1) is 9.76. The largest absolute Gasteiger partial charge is 0.395 e. The van der Waals surface area contributed by atoms with Gasteiger partial charge in [-0.1, -0.05) is 36.4 Å². The fourth-order valence-electron chi connectivity index (χ4n) is 2.33. The van der Waals surface area contributed by atoms with Crippen molar-refractivity contribution < 1.29 is 0 Å². The Bertz CT molecular complexity index is 886. The molecule has 94 valence electrons. The number of nitriles is 2. The number of rotatable bonds is 1. The van der Waals surface area contributed by atoms with Crippen molar-refractivity contribution in [3.8, 4) is 17.8 Å². The molecule has 0 aliphatic heterocycles. The van der Waals surface area contributed by atoms with Crippen LogP contribution < -0.4 is 5.73 Å². The van der Waals surface area contributed by atoms with E-state index in [1.807, 2.05) is 48.5 Å². The molecule has 1 aromatic heterocycles. The van der Waals surface area contributed by atoms with Gasteiger partial charge in [-0.3, -0.25) is 0 Å². The van der Waals surface area contributed by atoms with Crippen LogP contribution >= 0.6 is 0 Å². The van der Waals surface area contributed by atoms with Gasteiger partial charge in [0.2, 0.25) is 0 Å². The summed E-state index contributed by atoms with van der Waals surface area (Å²) in [4.78, 5) is 0. The quantitative estimate of drug-likeness (QED) is 0.728. The predicted octanol–water partition coefficient (Wildman–Crippen LogP) is 2.96. The van der Waals surface area contributed by atoms with Gasteiger partial charge in [-0.2, -0.15) is 10.5 Å². The molecule has 2 N–H and O–H groups in total. The topological polar surface area (TPSA) is 78.5 Å². The highest BCUT2D eigenvalue weighted by atomic mass is 15.0. The Labute approximate surface area is 115 Å². The first-order valence-electron chi connectivity index (χ1n) is 6.05. The molecule has 3 rings (SSSR count). The van der Waals surface area contributed by atoms with Gasteiger partial charge >= 0.3 is 0 Å². The zero-order valence-electron chi connectivity index (χ0n) is 10.5. The highest BCUT2D eigenvalue weighted by molar-refractivity contribution is 5.90. The van der Waals surface area contributed by atoms with Crippen molar-refractivity contribution in [3.63, 3.8) is 0 Å². The highest BCUT2D eigenvalue weighted by Gasteiger charge is 2.15. The zero-order valence-corrected chi connectivity index (χ0v) is 10.5. The molecule has 0 unspecified atom stereocenters. The van der Waals surface area contributed by atoms with E-state index in [0.29, 0.717) is 5.56 Å². The van der Waals surface area contributed by atoms with Gasteiger partial charge in [0.1, 0.15) is 17.8 Å². The van der Waals surface area contributed by atoms with Gasteiger partial charge in [-0.05, 0) is 11.5 Å². The average Bonchev–Trinajstić information content (AvgIpc) is 2.82. The lowest BCUT2D eigenvalue weighted by Gasteiger charge is -2.08. The van der Waals surface area contributed by atoms with Crippen molar-refractivity contribution in [3.05, 3.63) is 59.9 Å². The van der Waals surface area contributed by atoms with Crippen LogP contribution in [-0.4, -0.2) is 4.57 Å². The van der Waals surface area contributed by atoms with E-state index >= 15 is 0 Å². The van der Waals surface area contributed by atoms with Crippen molar-refractivity contribution in [1.82, 2.24) is 4.57 Å². The van der Waals surface area contributed by atoms with Crippen molar-refractivity contribution in [2.75, 3.05) is 5.73 Å². The number of hydrogen-bond acceptors (Lipinski definition) is 3. The molecule has 2 aromatic carbocycles. The van der Waals surface area contributed by atoms with E-state index in [-0.39, 0.29) is 11.4 Å². The van der Waals surface area contributed by atoms with Gasteiger partial charge in [0.25, 0.3) is 0 Å². The minimum absolute atomic E-state index is 0.225. The summed E-state index contributed by atoms with van der Waals surface area (Å²) in [5, 5.41) is 20.4. The molecule has 0 saturated heterocycles. The number of benzene rings is 2. The summed E-state index contributed by atoms with van der Waals surface area (Å²) < 4.78 is 1.68. The van der Waals surface area contributed by atoms with Crippen LogP contribution in [0.2, 0.25) is 0 Å². The maximum absolute atomic E-state index is 9.28. The third-order valence-electron chi connectivity index (χ3n) is 3.30. The van der Waals surface area contributed by atoms with Crippen LogP contribution in [0.4, 0.5) is 5.69 Å². The molecule has 0 atom stereocenters. The molecule has 20 heavy (non-hydrogen) atoms. The van der Waals surface area contributed by atoms with E-state index in [2.05, 4.69) is 6.07 Å². The molecule has 0 aliphatic carbocycles. The Balaban J connectivity index is 2.38. The molecular formula is C16H10N4. The van der Waals surface area contributed by atoms with Crippen LogP contribution in [0.15, 0.2) is 48.7 Å². The van der Waals surface area contributed by atoms with Crippen LogP contribution in [0, 0.1) is 22.7 Å². The molecule has 4 nitrogen and oxygen atoms in total. The zero-order chi connectivity index (χ0) is 14.1. The predicted molar refractivity (Wildman–Crippen MR) is 77.1 cm³/mol. The van der Waals surface area contributed by atoms with E-state index in [1.54, 1.807) is 10.8 Å². The number of aromatic nitrogens is 1. The molecule has 0 bridgehead atoms. The number of nitrogen functional groups attached to an aromatic ring is 1. The number of fused-ring (bicyclic) bond motifs is 1. The second-order valence-corrected chi connectivity index (χ2v) is 4.40. The number of nitrogens with zero attached hydrogens (tertiary/aromatic N) is 3. The van der Waals surface area contributed by atoms with Crippen molar-refractivity contribution in [2.24, 2.45) is 0 Å². The van der Waals surface area contributed by atoms with Gasteiger partial charge in [0.15, 0.2) is 0 Å². The molecule has 0 radical (unpaired) electrons. The second kappa shape index (κ2) is 4.46. The van der Waals surface area contributed by atoms with Crippen molar-refractivity contribution in [1.29, 1.82) is 10.5 Å². The first-order valence-corrected chi connectivity index (χ1v) is 6.05. The fourth-order valence-corrected chi connectivity index (χ4v) is 2.33. The summed E-state index contributed by atoms with van der Waals surface area (Å²) in [5.41, 5.74) is 7.51. The smallest absolute Gasteiger partial charge is 0.149 e. The lowest BCUT2D eigenvalue weighted by Crippen LogP contribution is -1.98. The molecule has 0 amide bonds. The summed E-state index contributed by atoms with van der Waals surface area (Å²) >= 11 is 0. The number of anilines is 1. The molecule has 1 heterocycles. The summed E-state index contributed by atoms with van der Waals surface area (Å²) in [6, 6.07) is 17.8. The Morgan fingerprint density at radius 2 is 1.70 bits per heavy atom. The van der Waals surface area contributed by atoms with Gasteiger partial charge in [0.05, 0.1) is 16.9 Å². The molecule has 3 aromatic rings. The standard InChI is InChI=1S/C16H10N4/c17-8-12-10-20(15(9-18)16(12)19)14-7-3-5-11-4-1-2-6-13(11)14/h1-7,10H,19H2. The van der Waals surface area contributed by atoms with E-state index < -0.39 is 0 Å². The first kappa shape index (κ1) is 11.8. The van der Waals surface area contributed by atoms with Crippen molar-refractivity contribution >= 4 is 16.5 Å².